The molecule has 0 spiro atoms. The lowest BCUT2D eigenvalue weighted by Gasteiger charge is -2.30. The molecule has 0 aromatic carbocycles. The first kappa shape index (κ1) is 27.6. The first-order chi connectivity index (χ1) is 20.4. The number of rotatable bonds is 8. The van der Waals surface area contributed by atoms with Gasteiger partial charge in [-0.3, -0.25) is 10.1 Å². The van der Waals surface area contributed by atoms with Gasteiger partial charge in [0.15, 0.2) is 5.13 Å². The lowest BCUT2D eigenvalue weighted by Crippen LogP contribution is -2.44. The van der Waals surface area contributed by atoms with E-state index >= 15 is 0 Å². The van der Waals surface area contributed by atoms with Crippen molar-refractivity contribution in [2.24, 2.45) is 5.73 Å². The van der Waals surface area contributed by atoms with Crippen molar-refractivity contribution in [2.45, 2.75) is 44.4 Å². The number of hydrogen-bond donors (Lipinski definition) is 2. The van der Waals surface area contributed by atoms with Crippen LogP contribution in [-0.2, 0) is 6.54 Å². The van der Waals surface area contributed by atoms with Gasteiger partial charge in [-0.2, -0.15) is 4.39 Å². The van der Waals surface area contributed by atoms with E-state index in [0.717, 1.165) is 43.6 Å². The van der Waals surface area contributed by atoms with Crippen LogP contribution in [0.4, 0.5) is 20.0 Å². The molecule has 6 heterocycles. The maximum Gasteiger partial charge on any atom is 0.314 e. The van der Waals surface area contributed by atoms with Crippen molar-refractivity contribution in [1.82, 2.24) is 24.4 Å². The summed E-state index contributed by atoms with van der Waals surface area (Å²) in [7, 11) is 0. The molecule has 0 unspecified atom stereocenters. The van der Waals surface area contributed by atoms with Gasteiger partial charge in [0.2, 0.25) is 11.8 Å². The van der Waals surface area contributed by atoms with E-state index in [1.807, 2.05) is 23.7 Å². The zero-order valence-corrected chi connectivity index (χ0v) is 23.7. The molecular weight excluding hydrogens is 559 g/mol. The molecule has 2 saturated heterocycles. The van der Waals surface area contributed by atoms with Crippen LogP contribution in [0.15, 0.2) is 60.4 Å². The van der Waals surface area contributed by atoms with Crippen molar-refractivity contribution in [3.8, 4) is 5.88 Å². The smallest absolute Gasteiger partial charge is 0.314 e. The van der Waals surface area contributed by atoms with Gasteiger partial charge in [-0.15, -0.1) is 11.3 Å². The molecule has 3 N–H and O–H groups in total. The van der Waals surface area contributed by atoms with Crippen molar-refractivity contribution in [3.63, 3.8) is 0 Å². The minimum absolute atomic E-state index is 0.00335. The number of anilines is 2. The highest BCUT2D eigenvalue weighted by Crippen LogP contribution is 2.37. The summed E-state index contributed by atoms with van der Waals surface area (Å²) in [5.41, 5.74) is 8.42. The maximum atomic E-state index is 13.5. The van der Waals surface area contributed by atoms with Gasteiger partial charge in [-0.1, -0.05) is 0 Å². The molecule has 0 radical (unpaired) electrons. The number of carbonyl (C=O) groups excluding carboxylic acids is 2. The fraction of sp³-hybridized carbons (Fsp3) is 0.345. The predicted octanol–water partition coefficient (Wildman–Crippen LogP) is 4.44. The number of ether oxygens (including phenoxy) is 1. The SMILES string of the molecule is NC(=O)N1CCC(Oc2ccc(N3CCC[C@@H]3c3csc(NC(=O)c4cccn4Cc4ccnc(F)c4)n3)cn2)CC1. The summed E-state index contributed by atoms with van der Waals surface area (Å²) in [6.45, 7) is 2.40. The second kappa shape index (κ2) is 12.1. The van der Waals surface area contributed by atoms with Crippen molar-refractivity contribution < 1.29 is 18.7 Å². The van der Waals surface area contributed by atoms with Crippen LogP contribution >= 0.6 is 11.3 Å². The molecule has 0 bridgehead atoms. The quantitative estimate of drug-likeness (QED) is 0.290. The molecule has 42 heavy (non-hydrogen) atoms. The van der Waals surface area contributed by atoms with E-state index < -0.39 is 12.0 Å². The summed E-state index contributed by atoms with van der Waals surface area (Å²) >= 11 is 1.39. The van der Waals surface area contributed by atoms with Gasteiger partial charge >= 0.3 is 6.03 Å². The number of urea groups is 1. The third kappa shape index (κ3) is 6.20. The van der Waals surface area contributed by atoms with Crippen molar-refractivity contribution >= 4 is 34.1 Å². The summed E-state index contributed by atoms with van der Waals surface area (Å²) in [6.07, 6.45) is 8.43. The Balaban J connectivity index is 1.07. The van der Waals surface area contributed by atoms with E-state index in [1.54, 1.807) is 33.9 Å². The molecule has 1 atom stereocenters. The lowest BCUT2D eigenvalue weighted by atomic mass is 10.1. The highest BCUT2D eigenvalue weighted by atomic mass is 32.1. The third-order valence-electron chi connectivity index (χ3n) is 7.64. The van der Waals surface area contributed by atoms with Gasteiger partial charge in [-0.25, -0.2) is 19.7 Å². The Bertz CT molecular complexity index is 1550. The van der Waals surface area contributed by atoms with Crippen LogP contribution < -0.4 is 20.7 Å². The van der Waals surface area contributed by atoms with E-state index in [4.69, 9.17) is 15.5 Å². The molecule has 218 valence electrons. The van der Waals surface area contributed by atoms with Gasteiger partial charge in [-0.05, 0) is 48.7 Å². The first-order valence-electron chi connectivity index (χ1n) is 13.9. The number of halogens is 1. The number of likely N-dealkylation sites (tertiary alicyclic amines) is 1. The van der Waals surface area contributed by atoms with Crippen LogP contribution in [0.3, 0.4) is 0 Å². The minimum Gasteiger partial charge on any atom is -0.474 e. The van der Waals surface area contributed by atoms with Crippen LogP contribution in [0.5, 0.6) is 5.88 Å². The minimum atomic E-state index is -0.555. The molecule has 0 saturated carbocycles. The fourth-order valence-corrected chi connectivity index (χ4v) is 6.27. The molecule has 6 rings (SSSR count). The Morgan fingerprint density at radius 2 is 1.98 bits per heavy atom. The molecule has 4 aromatic heterocycles. The first-order valence-corrected chi connectivity index (χ1v) is 14.8. The van der Waals surface area contributed by atoms with Gasteiger partial charge in [0.25, 0.3) is 5.91 Å². The highest BCUT2D eigenvalue weighted by molar-refractivity contribution is 7.14. The van der Waals surface area contributed by atoms with Gasteiger partial charge in [0.05, 0.1) is 23.6 Å². The van der Waals surface area contributed by atoms with Crippen LogP contribution in [0.25, 0.3) is 0 Å². The predicted molar refractivity (Wildman–Crippen MR) is 156 cm³/mol. The zero-order chi connectivity index (χ0) is 29.1. The van der Waals surface area contributed by atoms with Gasteiger partial charge < -0.3 is 24.8 Å². The molecule has 11 nitrogen and oxygen atoms in total. The molecule has 2 fully saturated rings. The van der Waals surface area contributed by atoms with Gasteiger partial charge in [0, 0.05) is 62.9 Å². The molecule has 2 aliphatic rings. The van der Waals surface area contributed by atoms with Crippen molar-refractivity contribution in [3.05, 3.63) is 83.3 Å². The monoisotopic (exact) mass is 590 g/mol. The van der Waals surface area contributed by atoms with E-state index in [1.165, 1.54) is 23.6 Å². The Morgan fingerprint density at radius 1 is 1.12 bits per heavy atom. The van der Waals surface area contributed by atoms with Crippen LogP contribution in [-0.4, -0.2) is 62.1 Å². The van der Waals surface area contributed by atoms with Crippen molar-refractivity contribution in [2.75, 3.05) is 29.9 Å². The molecule has 13 heteroatoms. The normalized spacial score (nSPS) is 17.4. The summed E-state index contributed by atoms with van der Waals surface area (Å²) in [5.74, 6) is -0.274. The number of nitrogens with zero attached hydrogens (tertiary/aromatic N) is 6. The number of amides is 3. The Labute approximate surface area is 246 Å². The van der Waals surface area contributed by atoms with Crippen molar-refractivity contribution in [1.29, 1.82) is 0 Å². The Hall–Kier alpha value is -4.52. The zero-order valence-electron chi connectivity index (χ0n) is 22.9. The number of piperidine rings is 1. The molecule has 0 aliphatic carbocycles. The summed E-state index contributed by atoms with van der Waals surface area (Å²) in [4.78, 5) is 41.2. The Morgan fingerprint density at radius 3 is 2.74 bits per heavy atom. The maximum absolute atomic E-state index is 13.5. The number of thiazole rings is 1. The second-order valence-electron chi connectivity index (χ2n) is 10.4. The largest absolute Gasteiger partial charge is 0.474 e. The number of nitrogens with one attached hydrogen (secondary N) is 1. The van der Waals surface area contributed by atoms with E-state index in [-0.39, 0.29) is 18.1 Å². The topological polar surface area (TPSA) is 132 Å². The summed E-state index contributed by atoms with van der Waals surface area (Å²) in [5, 5.41) is 5.43. The molecule has 2 aliphatic heterocycles. The average molecular weight is 591 g/mol. The molecular formula is C29H31FN8O3S. The molecule has 4 aromatic rings. The van der Waals surface area contributed by atoms with Crippen LogP contribution in [0.2, 0.25) is 0 Å². The number of aromatic nitrogens is 4. The number of primary amides is 1. The van der Waals surface area contributed by atoms with E-state index in [0.29, 0.717) is 41.9 Å². The number of nitrogens with two attached hydrogens (primary N) is 1. The van der Waals surface area contributed by atoms with E-state index in [9.17, 15) is 14.0 Å². The fourth-order valence-electron chi connectivity index (χ4n) is 5.51. The van der Waals surface area contributed by atoms with Gasteiger partial charge in [0.1, 0.15) is 11.8 Å². The van der Waals surface area contributed by atoms with E-state index in [2.05, 4.69) is 20.2 Å². The Kier molecular flexibility index (Phi) is 8.00. The van der Waals surface area contributed by atoms with Crippen LogP contribution in [0.1, 0.15) is 53.5 Å². The molecule has 3 amide bonds. The summed E-state index contributed by atoms with van der Waals surface area (Å²) < 4.78 is 21.3. The number of carbonyl (C=O) groups is 2. The second-order valence-corrected chi connectivity index (χ2v) is 11.2. The lowest BCUT2D eigenvalue weighted by molar-refractivity contribution is 0.101. The average Bonchev–Trinajstić information content (AvgIpc) is 3.75. The summed E-state index contributed by atoms with van der Waals surface area (Å²) in [6, 6.07) is 10.2. The standard InChI is InChI=1S/C29H31FN8O3S/c30-25-15-19(7-10-32-25)17-37-11-1-4-24(37)27(39)35-29-34-22(18-42-29)23-3-2-12-38(23)20-5-6-26(33-16-20)41-21-8-13-36(14-9-21)28(31)40/h1,4-7,10-11,15-16,18,21,23H,2-3,8-9,12-14,17H2,(H2,31,40)(H,34,35,39)/t23-/m1/s1. The van der Waals surface area contributed by atoms with Crippen LogP contribution in [0, 0.1) is 5.95 Å². The number of pyridine rings is 2. The number of hydrogen-bond acceptors (Lipinski definition) is 8. The third-order valence-corrected chi connectivity index (χ3v) is 8.41. The highest BCUT2D eigenvalue weighted by Gasteiger charge is 2.29.